The van der Waals surface area contributed by atoms with Crippen LogP contribution in [0.4, 0.5) is 0 Å². The van der Waals surface area contributed by atoms with Crippen molar-refractivity contribution >= 4 is 21.9 Å². The average Bonchev–Trinajstić information content (AvgIpc) is 3.34. The topological polar surface area (TPSA) is 0 Å². The fourth-order valence-electron chi connectivity index (χ4n) is 3.48. The Kier molecular flexibility index (Phi) is 4.10. The van der Waals surface area contributed by atoms with Gasteiger partial charge in [0.25, 0.3) is 0 Å². The third kappa shape index (κ3) is 2.75. The normalized spacial score (nSPS) is 11.6. The minimum Gasteiger partial charge on any atom is -0.184 e. The molecule has 5 rings (SSSR count). The molecule has 1 aliphatic carbocycles. The van der Waals surface area contributed by atoms with Crippen LogP contribution in [0.3, 0.4) is 0 Å². The van der Waals surface area contributed by atoms with E-state index in [0.29, 0.717) is 0 Å². The molecule has 0 aromatic heterocycles. The molecule has 4 aromatic rings. The molecule has 25 heavy (non-hydrogen) atoms. The molecule has 0 heterocycles. The first-order chi connectivity index (χ1) is 11.9. The minimum absolute atomic E-state index is 0. The van der Waals surface area contributed by atoms with Gasteiger partial charge in [-0.2, -0.15) is 30.3 Å². The molecule has 0 spiro atoms. The molecule has 0 saturated carbocycles. The summed E-state index contributed by atoms with van der Waals surface area (Å²) in [6.07, 6.45) is 0. The van der Waals surface area contributed by atoms with Gasteiger partial charge in [-0.05, 0) is 50.7 Å². The fourth-order valence-corrected chi connectivity index (χ4v) is 3.48. The predicted molar refractivity (Wildman–Crippen MR) is 101 cm³/mol. The van der Waals surface area contributed by atoms with Gasteiger partial charge >= 0.3 is 18.9 Å². The van der Waals surface area contributed by atoms with Crippen molar-refractivity contribution in [2.75, 3.05) is 0 Å². The zero-order valence-electron chi connectivity index (χ0n) is 14.2. The third-order valence-electron chi connectivity index (χ3n) is 4.68. The van der Waals surface area contributed by atoms with Crippen molar-refractivity contribution < 1.29 is 18.9 Å². The summed E-state index contributed by atoms with van der Waals surface area (Å²) in [5.74, 6) is 0. The molecule has 0 unspecified atom stereocenters. The molecule has 0 aliphatic heterocycles. The molecule has 0 N–H and O–H groups in total. The Balaban J connectivity index is 0.00000157. The van der Waals surface area contributed by atoms with Crippen molar-refractivity contribution in [1.29, 1.82) is 0 Å². The smallest absolute Gasteiger partial charge is 0.184 e. The van der Waals surface area contributed by atoms with Crippen LogP contribution in [0, 0.1) is 6.07 Å². The second-order valence-corrected chi connectivity index (χ2v) is 6.15. The summed E-state index contributed by atoms with van der Waals surface area (Å²) in [5, 5.41) is 2.61. The zero-order valence-corrected chi connectivity index (χ0v) is 14.2. The van der Waals surface area contributed by atoms with E-state index in [2.05, 4.69) is 84.9 Å². The summed E-state index contributed by atoms with van der Waals surface area (Å²) in [6, 6.07) is 35.3. The standard InChI is InChI=1S/C24H15.Li/c1-3-9-17(10-4-1)23(18-11-5-2-6-12-18)24-21-15-19-13-7-8-14-20(19)16-22(21)24;/h1,3-16H;/q-1;+1. The van der Waals surface area contributed by atoms with Crippen molar-refractivity contribution in [2.24, 2.45) is 0 Å². The molecule has 1 aliphatic rings. The SMILES string of the molecule is [Li+].[c-]1ccc(C(=C2c3cc4ccccc4cc32)c2ccccc2)cc1. The van der Waals surface area contributed by atoms with Crippen molar-refractivity contribution in [2.45, 2.75) is 0 Å². The fraction of sp³-hybridized carbons (Fsp3) is 0. The van der Waals surface area contributed by atoms with E-state index in [1.54, 1.807) is 0 Å². The summed E-state index contributed by atoms with van der Waals surface area (Å²) in [7, 11) is 0. The maximum Gasteiger partial charge on any atom is 1.00 e. The zero-order chi connectivity index (χ0) is 15.9. The van der Waals surface area contributed by atoms with Gasteiger partial charge in [0.2, 0.25) is 0 Å². The predicted octanol–water partition coefficient (Wildman–Crippen LogP) is 2.96. The Bertz CT molecular complexity index is 991. The third-order valence-corrected chi connectivity index (χ3v) is 4.68. The van der Waals surface area contributed by atoms with Crippen molar-refractivity contribution in [3.05, 3.63) is 119 Å². The first-order valence-corrected chi connectivity index (χ1v) is 8.21. The molecule has 0 atom stereocenters. The van der Waals surface area contributed by atoms with E-state index in [9.17, 15) is 0 Å². The second kappa shape index (κ2) is 6.41. The van der Waals surface area contributed by atoms with E-state index < -0.39 is 0 Å². The molecule has 0 bridgehead atoms. The molecule has 1 heteroatoms. The van der Waals surface area contributed by atoms with E-state index in [4.69, 9.17) is 0 Å². The van der Waals surface area contributed by atoms with Crippen molar-refractivity contribution in [3.8, 4) is 0 Å². The molecular weight excluding hydrogens is 295 g/mol. The van der Waals surface area contributed by atoms with Crippen molar-refractivity contribution in [1.82, 2.24) is 0 Å². The molecule has 4 aromatic carbocycles. The van der Waals surface area contributed by atoms with Crippen LogP contribution in [0.15, 0.2) is 91.0 Å². The first-order valence-electron chi connectivity index (χ1n) is 8.21. The quantitative estimate of drug-likeness (QED) is 0.347. The van der Waals surface area contributed by atoms with Crippen LogP contribution in [0.5, 0.6) is 0 Å². The van der Waals surface area contributed by atoms with Gasteiger partial charge in [0.05, 0.1) is 0 Å². The van der Waals surface area contributed by atoms with Crippen LogP contribution in [0.25, 0.3) is 21.9 Å². The Morgan fingerprint density at radius 3 is 1.72 bits per heavy atom. The van der Waals surface area contributed by atoms with E-state index in [0.717, 1.165) is 0 Å². The Labute approximate surface area is 160 Å². The molecule has 112 valence electrons. The van der Waals surface area contributed by atoms with Gasteiger partial charge in [-0.25, -0.2) is 0 Å². The largest absolute Gasteiger partial charge is 1.00 e. The number of hydrogen-bond acceptors (Lipinski definition) is 0. The van der Waals surface area contributed by atoms with E-state index in [1.807, 2.05) is 12.1 Å². The Morgan fingerprint density at radius 1 is 0.600 bits per heavy atom. The van der Waals surface area contributed by atoms with Gasteiger partial charge in [0.1, 0.15) is 0 Å². The number of rotatable bonds is 2. The maximum atomic E-state index is 3.12. The van der Waals surface area contributed by atoms with Crippen LogP contribution < -0.4 is 18.9 Å². The number of benzene rings is 4. The number of fused-ring (bicyclic) bond motifs is 2. The summed E-state index contributed by atoms with van der Waals surface area (Å²) < 4.78 is 0. The summed E-state index contributed by atoms with van der Waals surface area (Å²) in [4.78, 5) is 0. The van der Waals surface area contributed by atoms with Gasteiger partial charge in [0, 0.05) is 0 Å². The molecule has 0 saturated heterocycles. The van der Waals surface area contributed by atoms with Crippen LogP contribution in [0.2, 0.25) is 0 Å². The Hall–Kier alpha value is -2.52. The maximum absolute atomic E-state index is 3.12. The van der Waals surface area contributed by atoms with Gasteiger partial charge in [-0.3, -0.25) is 0 Å². The summed E-state index contributed by atoms with van der Waals surface area (Å²) >= 11 is 0. The summed E-state index contributed by atoms with van der Waals surface area (Å²) in [5.41, 5.74) is 7.95. The Morgan fingerprint density at radius 2 is 1.12 bits per heavy atom. The molecule has 0 fully saturated rings. The monoisotopic (exact) mass is 310 g/mol. The molecule has 0 amide bonds. The van der Waals surface area contributed by atoms with Crippen LogP contribution in [0.1, 0.15) is 22.3 Å². The minimum atomic E-state index is 0. The van der Waals surface area contributed by atoms with Gasteiger partial charge in [-0.1, -0.05) is 54.6 Å². The molecule has 0 nitrogen and oxygen atoms in total. The average molecular weight is 310 g/mol. The van der Waals surface area contributed by atoms with E-state index >= 15 is 0 Å². The molecular formula is C24H15Li. The second-order valence-electron chi connectivity index (χ2n) is 6.15. The van der Waals surface area contributed by atoms with Gasteiger partial charge in [-0.15, -0.1) is 5.56 Å². The van der Waals surface area contributed by atoms with E-state index in [1.165, 1.54) is 44.2 Å². The van der Waals surface area contributed by atoms with Crippen molar-refractivity contribution in [3.63, 3.8) is 0 Å². The van der Waals surface area contributed by atoms with Crippen LogP contribution in [-0.4, -0.2) is 0 Å². The molecule has 0 radical (unpaired) electrons. The summed E-state index contributed by atoms with van der Waals surface area (Å²) in [6.45, 7) is 0. The number of hydrogen-bond donors (Lipinski definition) is 0. The first kappa shape index (κ1) is 16.0. The van der Waals surface area contributed by atoms with Gasteiger partial charge < -0.3 is 0 Å². The van der Waals surface area contributed by atoms with Crippen LogP contribution in [-0.2, 0) is 0 Å². The van der Waals surface area contributed by atoms with E-state index in [-0.39, 0.29) is 18.9 Å². The van der Waals surface area contributed by atoms with Gasteiger partial charge in [0.15, 0.2) is 0 Å². The van der Waals surface area contributed by atoms with Crippen LogP contribution >= 0.6 is 0 Å².